The highest BCUT2D eigenvalue weighted by Crippen LogP contribution is 2.21. The quantitative estimate of drug-likeness (QED) is 0.628. The maximum atomic E-state index is 6.17. The molecule has 1 heterocycles. The number of rotatable bonds is 5. The zero-order chi connectivity index (χ0) is 15.9. The van der Waals surface area contributed by atoms with Gasteiger partial charge in [-0.25, -0.2) is 9.98 Å². The summed E-state index contributed by atoms with van der Waals surface area (Å²) in [5, 5.41) is 7.78. The van der Waals surface area contributed by atoms with Crippen LogP contribution in [0.1, 0.15) is 23.1 Å². The van der Waals surface area contributed by atoms with Gasteiger partial charge in [-0.05, 0) is 31.5 Å². The number of hydrogen-bond acceptors (Lipinski definition) is 3. The third-order valence-electron chi connectivity index (χ3n) is 3.03. The first-order valence-electron chi connectivity index (χ1n) is 6.95. The summed E-state index contributed by atoms with van der Waals surface area (Å²) in [5.41, 5.74) is 3.84. The van der Waals surface area contributed by atoms with Crippen LogP contribution in [0.25, 0.3) is 0 Å². The molecule has 0 radical (unpaired) electrons. The number of aromatic nitrogens is 1. The average molecular weight is 357 g/mol. The van der Waals surface area contributed by atoms with Crippen molar-refractivity contribution in [1.29, 1.82) is 0 Å². The molecule has 22 heavy (non-hydrogen) atoms. The van der Waals surface area contributed by atoms with Gasteiger partial charge in [-0.3, -0.25) is 0 Å². The number of aliphatic imine (C=N–C) groups is 1. The van der Waals surface area contributed by atoms with Gasteiger partial charge in [0.15, 0.2) is 5.96 Å². The van der Waals surface area contributed by atoms with Crippen LogP contribution in [0.15, 0.2) is 28.7 Å². The predicted octanol–water partition coefficient (Wildman–Crippen LogP) is 4.01. The van der Waals surface area contributed by atoms with Gasteiger partial charge in [0.25, 0.3) is 0 Å². The van der Waals surface area contributed by atoms with Gasteiger partial charge in [0.2, 0.25) is 0 Å². The van der Waals surface area contributed by atoms with E-state index in [9.17, 15) is 0 Å². The molecule has 1 aromatic carbocycles. The van der Waals surface area contributed by atoms with E-state index in [4.69, 9.17) is 23.2 Å². The molecule has 2 N–H and O–H groups in total. The van der Waals surface area contributed by atoms with Crippen molar-refractivity contribution in [2.45, 2.75) is 26.9 Å². The van der Waals surface area contributed by atoms with E-state index in [0.717, 1.165) is 23.8 Å². The van der Waals surface area contributed by atoms with Gasteiger partial charge < -0.3 is 10.6 Å². The second kappa shape index (κ2) is 8.36. The normalized spacial score (nSPS) is 11.5. The van der Waals surface area contributed by atoms with Crippen molar-refractivity contribution in [2.75, 3.05) is 6.54 Å². The minimum Gasteiger partial charge on any atom is -0.357 e. The van der Waals surface area contributed by atoms with E-state index in [0.29, 0.717) is 23.1 Å². The Hall–Kier alpha value is -1.30. The molecule has 0 aliphatic carbocycles. The fourth-order valence-electron chi connectivity index (χ4n) is 1.82. The molecule has 0 saturated heterocycles. The van der Waals surface area contributed by atoms with Crippen LogP contribution >= 0.6 is 34.5 Å². The Labute approximate surface area is 144 Å². The van der Waals surface area contributed by atoms with Crippen LogP contribution in [0.2, 0.25) is 10.0 Å². The zero-order valence-corrected chi connectivity index (χ0v) is 14.8. The molecule has 0 atom stereocenters. The van der Waals surface area contributed by atoms with Crippen molar-refractivity contribution < 1.29 is 0 Å². The van der Waals surface area contributed by atoms with Crippen LogP contribution < -0.4 is 10.6 Å². The second-order valence-corrected chi connectivity index (χ2v) is 6.43. The standard InChI is InChI=1S/C15H18Cl2N4S/c1-3-18-15(20-8-14-10(2)21-9-22-14)19-7-11-4-5-12(16)6-13(11)17/h4-6,9H,3,7-8H2,1-2H3,(H2,18,19,20). The SMILES string of the molecule is CCNC(=NCc1ccc(Cl)cc1Cl)NCc1scnc1C. The Kier molecular flexibility index (Phi) is 6.49. The van der Waals surface area contributed by atoms with Gasteiger partial charge in [-0.15, -0.1) is 11.3 Å². The van der Waals surface area contributed by atoms with E-state index in [2.05, 4.69) is 20.6 Å². The van der Waals surface area contributed by atoms with Gasteiger partial charge in [0.1, 0.15) is 0 Å². The molecule has 0 amide bonds. The number of halogens is 2. The Morgan fingerprint density at radius 1 is 1.32 bits per heavy atom. The van der Waals surface area contributed by atoms with Gasteiger partial charge in [-0.2, -0.15) is 0 Å². The molecule has 0 aliphatic heterocycles. The largest absolute Gasteiger partial charge is 0.357 e. The summed E-state index contributed by atoms with van der Waals surface area (Å²) in [6, 6.07) is 5.44. The molecule has 2 aromatic rings. The Bertz CT molecular complexity index is 655. The molecule has 0 bridgehead atoms. The van der Waals surface area contributed by atoms with Gasteiger partial charge >= 0.3 is 0 Å². The van der Waals surface area contributed by atoms with E-state index in [1.165, 1.54) is 4.88 Å². The third-order valence-corrected chi connectivity index (χ3v) is 4.55. The van der Waals surface area contributed by atoms with Crippen molar-refractivity contribution in [3.05, 3.63) is 49.9 Å². The molecule has 0 spiro atoms. The number of aryl methyl sites for hydroxylation is 1. The molecule has 0 unspecified atom stereocenters. The third kappa shape index (κ3) is 4.87. The number of thiazole rings is 1. The fraction of sp³-hybridized carbons (Fsp3) is 0.333. The lowest BCUT2D eigenvalue weighted by Gasteiger charge is -2.11. The Balaban J connectivity index is 2.01. The lowest BCUT2D eigenvalue weighted by molar-refractivity contribution is 0.819. The number of nitrogens with one attached hydrogen (secondary N) is 2. The Morgan fingerprint density at radius 2 is 2.14 bits per heavy atom. The smallest absolute Gasteiger partial charge is 0.191 e. The summed E-state index contributed by atoms with van der Waals surface area (Å²) in [7, 11) is 0. The van der Waals surface area contributed by atoms with Gasteiger partial charge in [0, 0.05) is 21.5 Å². The van der Waals surface area contributed by atoms with Crippen LogP contribution in [0.5, 0.6) is 0 Å². The van der Waals surface area contributed by atoms with Crippen molar-refractivity contribution in [2.24, 2.45) is 4.99 Å². The van der Waals surface area contributed by atoms with E-state index in [-0.39, 0.29) is 0 Å². The first kappa shape index (κ1) is 17.1. The minimum atomic E-state index is 0.493. The zero-order valence-electron chi connectivity index (χ0n) is 12.5. The van der Waals surface area contributed by atoms with Crippen LogP contribution in [-0.2, 0) is 13.1 Å². The van der Waals surface area contributed by atoms with Crippen molar-refractivity contribution in [3.63, 3.8) is 0 Å². The van der Waals surface area contributed by atoms with E-state index < -0.39 is 0 Å². The lowest BCUT2D eigenvalue weighted by atomic mass is 10.2. The molecule has 4 nitrogen and oxygen atoms in total. The summed E-state index contributed by atoms with van der Waals surface area (Å²) in [6.07, 6.45) is 0. The topological polar surface area (TPSA) is 49.3 Å². The minimum absolute atomic E-state index is 0.493. The number of guanidine groups is 1. The number of benzene rings is 1. The van der Waals surface area contributed by atoms with Gasteiger partial charge in [-0.1, -0.05) is 29.3 Å². The van der Waals surface area contributed by atoms with Crippen molar-refractivity contribution >= 4 is 40.5 Å². The summed E-state index contributed by atoms with van der Waals surface area (Å²) in [5.74, 6) is 0.751. The summed E-state index contributed by atoms with van der Waals surface area (Å²) in [4.78, 5) is 10.0. The Morgan fingerprint density at radius 3 is 2.77 bits per heavy atom. The number of nitrogens with zero attached hydrogens (tertiary/aromatic N) is 2. The monoisotopic (exact) mass is 356 g/mol. The maximum Gasteiger partial charge on any atom is 0.191 e. The van der Waals surface area contributed by atoms with E-state index in [1.807, 2.05) is 31.5 Å². The highest BCUT2D eigenvalue weighted by Gasteiger charge is 2.04. The van der Waals surface area contributed by atoms with E-state index >= 15 is 0 Å². The first-order chi connectivity index (χ1) is 10.6. The van der Waals surface area contributed by atoms with Crippen LogP contribution in [0.4, 0.5) is 0 Å². The molecule has 1 aromatic heterocycles. The molecular formula is C15H18Cl2N4S. The molecule has 7 heteroatoms. The number of hydrogen-bond donors (Lipinski definition) is 2. The summed E-state index contributed by atoms with van der Waals surface area (Å²) < 4.78 is 0. The van der Waals surface area contributed by atoms with Crippen LogP contribution in [0.3, 0.4) is 0 Å². The molecule has 2 rings (SSSR count). The molecule has 0 fully saturated rings. The highest BCUT2D eigenvalue weighted by molar-refractivity contribution is 7.09. The maximum absolute atomic E-state index is 6.17. The summed E-state index contributed by atoms with van der Waals surface area (Å²) >= 11 is 13.7. The van der Waals surface area contributed by atoms with Crippen molar-refractivity contribution in [1.82, 2.24) is 15.6 Å². The molecular weight excluding hydrogens is 339 g/mol. The first-order valence-corrected chi connectivity index (χ1v) is 8.58. The second-order valence-electron chi connectivity index (χ2n) is 4.65. The van der Waals surface area contributed by atoms with Crippen molar-refractivity contribution in [3.8, 4) is 0 Å². The molecule has 0 aliphatic rings. The predicted molar refractivity (Wildman–Crippen MR) is 95.0 cm³/mol. The van der Waals surface area contributed by atoms with Gasteiger partial charge in [0.05, 0.1) is 24.3 Å². The van der Waals surface area contributed by atoms with E-state index in [1.54, 1.807) is 17.4 Å². The molecule has 0 saturated carbocycles. The van der Waals surface area contributed by atoms with Crippen LogP contribution in [-0.4, -0.2) is 17.5 Å². The summed E-state index contributed by atoms with van der Waals surface area (Å²) in [6.45, 7) is 6.03. The average Bonchev–Trinajstić information content (AvgIpc) is 2.89. The fourth-order valence-corrected chi connectivity index (χ4v) is 3.00. The highest BCUT2D eigenvalue weighted by atomic mass is 35.5. The molecule has 118 valence electrons. The van der Waals surface area contributed by atoms with Crippen LogP contribution in [0, 0.1) is 6.92 Å². The lowest BCUT2D eigenvalue weighted by Crippen LogP contribution is -2.36.